The van der Waals surface area contributed by atoms with Crippen LogP contribution in [-0.4, -0.2) is 42.3 Å². The number of nitrogens with zero attached hydrogens (tertiary/aromatic N) is 1. The van der Waals surface area contributed by atoms with E-state index in [-0.39, 0.29) is 37.6 Å². The first-order chi connectivity index (χ1) is 16.2. The number of aliphatic imine (C=N–C) groups is 1. The fraction of sp³-hybridized carbons (Fsp3) is 0.333. The maximum absolute atomic E-state index is 13.6. The van der Waals surface area contributed by atoms with E-state index in [1.165, 1.54) is 6.08 Å². The lowest BCUT2D eigenvalue weighted by Gasteiger charge is -2.21. The Morgan fingerprint density at radius 3 is 2.65 bits per heavy atom. The number of hydrogen-bond acceptors (Lipinski definition) is 5. The fourth-order valence-electron chi connectivity index (χ4n) is 3.36. The Morgan fingerprint density at radius 1 is 1.26 bits per heavy atom. The first kappa shape index (κ1) is 25.2. The third-order valence-corrected chi connectivity index (χ3v) is 5.08. The third kappa shape index (κ3) is 6.13. The molecule has 0 bridgehead atoms. The number of nitrogens with one attached hydrogen (secondary N) is 1. The van der Waals surface area contributed by atoms with Crippen molar-refractivity contribution in [1.29, 1.82) is 0 Å². The third-order valence-electron chi connectivity index (χ3n) is 5.08. The van der Waals surface area contributed by atoms with Crippen molar-refractivity contribution < 1.29 is 36.9 Å². The lowest BCUT2D eigenvalue weighted by molar-refractivity contribution is -0.137. The number of carbonyl (C=O) groups excluding carboxylic acids is 1. The zero-order chi connectivity index (χ0) is 24.8. The van der Waals surface area contributed by atoms with E-state index in [0.29, 0.717) is 30.4 Å². The monoisotopic (exact) mass is 480 g/mol. The van der Waals surface area contributed by atoms with Crippen molar-refractivity contribution in [2.24, 2.45) is 4.99 Å². The second-order valence-electron chi connectivity index (χ2n) is 7.71. The minimum absolute atomic E-state index is 0.0267. The topological polar surface area (TPSA) is 80.2 Å². The smallest absolute Gasteiger partial charge is 0.416 e. The summed E-state index contributed by atoms with van der Waals surface area (Å²) >= 11 is 0. The van der Waals surface area contributed by atoms with Crippen LogP contribution in [0.3, 0.4) is 0 Å². The number of alkyl halides is 3. The highest BCUT2D eigenvalue weighted by molar-refractivity contribution is 6.00. The van der Waals surface area contributed by atoms with Crippen LogP contribution in [0.15, 0.2) is 60.1 Å². The Labute approximate surface area is 193 Å². The second kappa shape index (κ2) is 10.7. The highest BCUT2D eigenvalue weighted by Crippen LogP contribution is 2.31. The Balaban J connectivity index is 1.73. The molecule has 1 amide bonds. The van der Waals surface area contributed by atoms with Gasteiger partial charge in [0.1, 0.15) is 18.2 Å². The van der Waals surface area contributed by atoms with Crippen LogP contribution in [0.5, 0.6) is 5.75 Å². The molecule has 10 heteroatoms. The summed E-state index contributed by atoms with van der Waals surface area (Å²) in [4.78, 5) is 17.4. The van der Waals surface area contributed by atoms with E-state index in [2.05, 4.69) is 16.9 Å². The minimum atomic E-state index is -4.71. The van der Waals surface area contributed by atoms with Crippen LogP contribution in [0.4, 0.5) is 17.6 Å². The molecule has 0 saturated carbocycles. The van der Waals surface area contributed by atoms with Gasteiger partial charge in [0, 0.05) is 31.6 Å². The highest BCUT2D eigenvalue weighted by atomic mass is 19.4. The van der Waals surface area contributed by atoms with Gasteiger partial charge in [0.25, 0.3) is 5.91 Å². The van der Waals surface area contributed by atoms with Crippen LogP contribution in [-0.2, 0) is 22.3 Å². The Morgan fingerprint density at radius 2 is 2.00 bits per heavy atom. The molecule has 1 aliphatic rings. The van der Waals surface area contributed by atoms with Crippen LogP contribution >= 0.6 is 0 Å². The molecule has 0 unspecified atom stereocenters. The molecule has 0 aliphatic carbocycles. The lowest BCUT2D eigenvalue weighted by Crippen LogP contribution is -2.46. The van der Waals surface area contributed by atoms with Crippen LogP contribution in [0, 0.1) is 5.82 Å². The quantitative estimate of drug-likeness (QED) is 0.306. The molecule has 2 aromatic rings. The van der Waals surface area contributed by atoms with E-state index in [9.17, 15) is 22.4 Å². The predicted molar refractivity (Wildman–Crippen MR) is 117 cm³/mol. The van der Waals surface area contributed by atoms with Gasteiger partial charge in [0.15, 0.2) is 5.54 Å². The van der Waals surface area contributed by atoms with Crippen LogP contribution in [0.1, 0.15) is 29.5 Å². The molecule has 0 saturated heterocycles. The SMILES string of the molecule is C=CC[C@]1(C(=O)NCc2cc(F)cc(C(F)(F)F)c2)COC(c2ccc(OCCCO)cc2)=N1. The van der Waals surface area contributed by atoms with Gasteiger partial charge < -0.3 is 19.9 Å². The average molecular weight is 480 g/mol. The Kier molecular flexibility index (Phi) is 7.93. The Bertz CT molecular complexity index is 1050. The predicted octanol–water partition coefficient (Wildman–Crippen LogP) is 4.01. The maximum Gasteiger partial charge on any atom is 0.416 e. The van der Waals surface area contributed by atoms with Gasteiger partial charge in [-0.3, -0.25) is 4.79 Å². The molecule has 1 aliphatic heterocycles. The largest absolute Gasteiger partial charge is 0.494 e. The second-order valence-corrected chi connectivity index (χ2v) is 7.71. The standard InChI is InChI=1S/C24H24F4N2O4/c1-2-8-23(22(32)29-14-16-11-18(24(26,27)28)13-19(25)12-16)15-34-21(30-23)17-4-6-20(7-5-17)33-10-3-9-31/h2,4-7,11-13,31H,1,3,8-10,14-15H2,(H,29,32)/t23-/m1/s1. The minimum Gasteiger partial charge on any atom is -0.494 e. The molecule has 182 valence electrons. The van der Waals surface area contributed by atoms with Crippen molar-refractivity contribution in [3.05, 3.63) is 77.6 Å². The lowest BCUT2D eigenvalue weighted by atomic mass is 9.96. The van der Waals surface area contributed by atoms with Gasteiger partial charge in [-0.25, -0.2) is 9.38 Å². The summed E-state index contributed by atoms with van der Waals surface area (Å²) in [5.74, 6) is -0.805. The first-order valence-corrected chi connectivity index (χ1v) is 10.5. The molecule has 2 N–H and O–H groups in total. The molecule has 0 aromatic heterocycles. The molecule has 0 radical (unpaired) electrons. The Hall–Kier alpha value is -3.40. The summed E-state index contributed by atoms with van der Waals surface area (Å²) in [6, 6.07) is 8.94. The molecule has 0 spiro atoms. The molecule has 0 fully saturated rings. The van der Waals surface area contributed by atoms with Gasteiger partial charge in [-0.2, -0.15) is 13.2 Å². The van der Waals surface area contributed by atoms with Crippen LogP contribution in [0.25, 0.3) is 0 Å². The van der Waals surface area contributed by atoms with Gasteiger partial charge in [0.05, 0.1) is 12.2 Å². The van der Waals surface area contributed by atoms with Crippen molar-refractivity contribution >= 4 is 11.8 Å². The number of hydrogen-bond donors (Lipinski definition) is 2. The summed E-state index contributed by atoms with van der Waals surface area (Å²) < 4.78 is 63.6. The number of carbonyl (C=O) groups is 1. The molecule has 1 atom stereocenters. The van der Waals surface area contributed by atoms with E-state index in [1.54, 1.807) is 24.3 Å². The molecule has 6 nitrogen and oxygen atoms in total. The number of aliphatic hydroxyl groups excluding tert-OH is 1. The molecular formula is C24H24F4N2O4. The van der Waals surface area contributed by atoms with Gasteiger partial charge in [0.2, 0.25) is 5.90 Å². The van der Waals surface area contributed by atoms with Crippen molar-refractivity contribution in [1.82, 2.24) is 5.32 Å². The number of benzene rings is 2. The van der Waals surface area contributed by atoms with Crippen LogP contribution < -0.4 is 10.1 Å². The van der Waals surface area contributed by atoms with Crippen molar-refractivity contribution in [2.45, 2.75) is 31.1 Å². The van der Waals surface area contributed by atoms with Gasteiger partial charge in [-0.1, -0.05) is 6.08 Å². The number of amides is 1. The van der Waals surface area contributed by atoms with Crippen molar-refractivity contribution in [3.8, 4) is 5.75 Å². The van der Waals surface area contributed by atoms with Gasteiger partial charge in [-0.05, 0) is 48.0 Å². The zero-order valence-corrected chi connectivity index (χ0v) is 18.2. The molecular weight excluding hydrogens is 456 g/mol. The molecule has 34 heavy (non-hydrogen) atoms. The molecule has 1 heterocycles. The number of ether oxygens (including phenoxy) is 2. The zero-order valence-electron chi connectivity index (χ0n) is 18.2. The average Bonchev–Trinajstić information content (AvgIpc) is 3.23. The normalized spacial score (nSPS) is 17.6. The van der Waals surface area contributed by atoms with E-state index >= 15 is 0 Å². The van der Waals surface area contributed by atoms with Gasteiger partial charge in [-0.15, -0.1) is 6.58 Å². The number of aliphatic hydroxyl groups is 1. The van der Waals surface area contributed by atoms with E-state index in [4.69, 9.17) is 14.6 Å². The summed E-state index contributed by atoms with van der Waals surface area (Å²) in [7, 11) is 0. The number of halogens is 4. The molecule has 2 aromatic carbocycles. The van der Waals surface area contributed by atoms with E-state index < -0.39 is 29.0 Å². The number of rotatable bonds is 10. The van der Waals surface area contributed by atoms with Gasteiger partial charge >= 0.3 is 6.18 Å². The summed E-state index contributed by atoms with van der Waals surface area (Å²) in [6.45, 7) is 3.64. The highest BCUT2D eigenvalue weighted by Gasteiger charge is 2.43. The summed E-state index contributed by atoms with van der Waals surface area (Å²) in [5.41, 5.74) is -1.92. The fourth-order valence-corrected chi connectivity index (χ4v) is 3.36. The van der Waals surface area contributed by atoms with Crippen LogP contribution in [0.2, 0.25) is 0 Å². The van der Waals surface area contributed by atoms with Crippen molar-refractivity contribution in [2.75, 3.05) is 19.8 Å². The first-order valence-electron chi connectivity index (χ1n) is 10.5. The van der Waals surface area contributed by atoms with E-state index in [1.807, 2.05) is 0 Å². The summed E-state index contributed by atoms with van der Waals surface area (Å²) in [6.07, 6.45) is -2.58. The summed E-state index contributed by atoms with van der Waals surface area (Å²) in [5, 5.41) is 11.3. The van der Waals surface area contributed by atoms with E-state index in [0.717, 1.165) is 12.1 Å². The molecule has 3 rings (SSSR count). The van der Waals surface area contributed by atoms with Crippen molar-refractivity contribution in [3.63, 3.8) is 0 Å². The maximum atomic E-state index is 13.6.